The highest BCUT2D eigenvalue weighted by Crippen LogP contribution is 2.44. The molecule has 0 saturated carbocycles. The first-order chi connectivity index (χ1) is 11.5. The minimum atomic E-state index is -1.29. The Bertz CT molecular complexity index is 908. The van der Waals surface area contributed by atoms with E-state index >= 15 is 0 Å². The van der Waals surface area contributed by atoms with Crippen LogP contribution >= 0.6 is 0 Å². The zero-order valence-corrected chi connectivity index (χ0v) is 12.4. The lowest BCUT2D eigenvalue weighted by Gasteiger charge is -2.33. The van der Waals surface area contributed by atoms with E-state index < -0.39 is 16.7 Å². The molecule has 2 aliphatic heterocycles. The van der Waals surface area contributed by atoms with Gasteiger partial charge in [-0.1, -0.05) is 18.2 Å². The van der Waals surface area contributed by atoms with E-state index in [1.165, 1.54) is 18.2 Å². The first-order valence-electron chi connectivity index (χ1n) is 7.28. The molecule has 0 radical (unpaired) electrons. The number of rotatable bonds is 2. The number of nitrogens with zero attached hydrogens (tertiary/aromatic N) is 2. The molecule has 0 bridgehead atoms. The van der Waals surface area contributed by atoms with Gasteiger partial charge in [0, 0.05) is 12.0 Å². The molecule has 2 aliphatic rings. The van der Waals surface area contributed by atoms with E-state index in [1.54, 1.807) is 24.3 Å². The average Bonchev–Trinajstić information content (AvgIpc) is 2.86. The molecule has 4 rings (SSSR count). The molecule has 1 atom stereocenters. The van der Waals surface area contributed by atoms with Crippen LogP contribution in [0.5, 0.6) is 5.75 Å². The van der Waals surface area contributed by atoms with Crippen molar-refractivity contribution in [2.45, 2.75) is 12.1 Å². The third-order valence-corrected chi connectivity index (χ3v) is 4.25. The number of ether oxygens (including phenoxy) is 1. The van der Waals surface area contributed by atoms with E-state index in [9.17, 15) is 14.9 Å². The highest BCUT2D eigenvalue weighted by molar-refractivity contribution is 5.89. The van der Waals surface area contributed by atoms with E-state index in [2.05, 4.69) is 0 Å². The van der Waals surface area contributed by atoms with E-state index in [4.69, 9.17) is 9.84 Å². The van der Waals surface area contributed by atoms with Crippen LogP contribution in [0.1, 0.15) is 21.5 Å². The maximum Gasteiger partial charge on any atom is 0.335 e. The molecule has 0 amide bonds. The Labute approximate surface area is 136 Å². The van der Waals surface area contributed by atoms with Crippen LogP contribution in [0.2, 0.25) is 0 Å². The summed E-state index contributed by atoms with van der Waals surface area (Å²) in [6.45, 7) is 0. The summed E-state index contributed by atoms with van der Waals surface area (Å²) < 4.78 is 5.99. The summed E-state index contributed by atoms with van der Waals surface area (Å²) in [6.07, 6.45) is 3.63. The molecule has 1 spiro atoms. The van der Waals surface area contributed by atoms with E-state index in [-0.39, 0.29) is 12.0 Å². The molecule has 0 saturated heterocycles. The van der Waals surface area contributed by atoms with Crippen LogP contribution in [0.25, 0.3) is 6.08 Å². The zero-order chi connectivity index (χ0) is 16.9. The number of carboxylic acid groups (broad SMARTS) is 1. The molecule has 0 fully saturated rings. The van der Waals surface area contributed by atoms with Crippen LogP contribution < -0.4 is 9.75 Å². The second-order valence-corrected chi connectivity index (χ2v) is 5.69. The Morgan fingerprint density at radius 1 is 1.29 bits per heavy atom. The minimum absolute atomic E-state index is 0.0919. The topological polar surface area (TPSA) is 92.9 Å². The molecule has 0 aliphatic carbocycles. The number of anilines is 1. The number of carbonyl (C=O) groups is 1. The summed E-state index contributed by atoms with van der Waals surface area (Å²) >= 11 is 0. The summed E-state index contributed by atoms with van der Waals surface area (Å²) in [7, 11) is 0. The van der Waals surface area contributed by atoms with Crippen molar-refractivity contribution in [3.8, 4) is 5.75 Å². The van der Waals surface area contributed by atoms with Crippen LogP contribution in [0.3, 0.4) is 0 Å². The highest BCUT2D eigenvalue weighted by Gasteiger charge is 2.53. The average molecular weight is 324 g/mol. The molecule has 2 aromatic rings. The Hall–Kier alpha value is -3.35. The quantitative estimate of drug-likeness (QED) is 0.674. The summed E-state index contributed by atoms with van der Waals surface area (Å²) in [4.78, 5) is 22.8. The lowest BCUT2D eigenvalue weighted by atomic mass is 10.0. The monoisotopic (exact) mass is 324 g/mol. The molecular formula is C17H12N2O5. The number of hydrazine groups is 1. The third-order valence-electron chi connectivity index (χ3n) is 4.25. The molecule has 1 unspecified atom stereocenters. The van der Waals surface area contributed by atoms with Gasteiger partial charge in [0.1, 0.15) is 11.4 Å². The fourth-order valence-electron chi connectivity index (χ4n) is 3.21. The van der Waals surface area contributed by atoms with E-state index in [0.717, 1.165) is 10.6 Å². The van der Waals surface area contributed by atoms with Gasteiger partial charge < -0.3 is 9.84 Å². The Balaban J connectivity index is 1.83. The van der Waals surface area contributed by atoms with Gasteiger partial charge in [0.05, 0.1) is 5.56 Å². The summed E-state index contributed by atoms with van der Waals surface area (Å²) in [5.41, 5.74) is 0.546. The highest BCUT2D eigenvalue weighted by atomic mass is 16.7. The lowest BCUT2D eigenvalue weighted by molar-refractivity contribution is -0.511. The van der Waals surface area contributed by atoms with Gasteiger partial charge >= 0.3 is 5.97 Å². The SMILES string of the molecule is O=C(O)c1ccc2c(c1)CC1(C=Cc3ccccc3O1)N2[N+](=O)[O-]. The molecule has 24 heavy (non-hydrogen) atoms. The van der Waals surface area contributed by atoms with E-state index in [0.29, 0.717) is 17.0 Å². The van der Waals surface area contributed by atoms with Gasteiger partial charge in [-0.15, -0.1) is 0 Å². The fraction of sp³-hybridized carbons (Fsp3) is 0.118. The predicted molar refractivity (Wildman–Crippen MR) is 85.4 cm³/mol. The second kappa shape index (κ2) is 4.82. The van der Waals surface area contributed by atoms with Crippen molar-refractivity contribution in [1.82, 2.24) is 0 Å². The molecule has 2 heterocycles. The van der Waals surface area contributed by atoms with Gasteiger partial charge in [-0.3, -0.25) is 0 Å². The number of fused-ring (bicyclic) bond motifs is 2. The van der Waals surface area contributed by atoms with Crippen molar-refractivity contribution < 1.29 is 19.7 Å². The van der Waals surface area contributed by atoms with Gasteiger partial charge in [-0.2, -0.15) is 0 Å². The normalized spacial score (nSPS) is 20.4. The smallest absolute Gasteiger partial charge is 0.335 e. The van der Waals surface area contributed by atoms with Gasteiger partial charge in [0.25, 0.3) is 5.72 Å². The fourth-order valence-corrected chi connectivity index (χ4v) is 3.21. The van der Waals surface area contributed by atoms with Crippen molar-refractivity contribution in [1.29, 1.82) is 0 Å². The van der Waals surface area contributed by atoms with Crippen molar-refractivity contribution in [3.05, 3.63) is 75.3 Å². The molecule has 7 heteroatoms. The predicted octanol–water partition coefficient (Wildman–Crippen LogP) is 2.74. The van der Waals surface area contributed by atoms with Gasteiger partial charge in [-0.05, 0) is 47.0 Å². The van der Waals surface area contributed by atoms with Gasteiger partial charge in [0.2, 0.25) is 0 Å². The lowest BCUT2D eigenvalue weighted by Crippen LogP contribution is -2.53. The number of nitro groups is 1. The minimum Gasteiger partial charge on any atom is -0.478 e. The van der Waals surface area contributed by atoms with Gasteiger partial charge in [-0.25, -0.2) is 14.9 Å². The Morgan fingerprint density at radius 3 is 2.83 bits per heavy atom. The van der Waals surface area contributed by atoms with Crippen molar-refractivity contribution in [3.63, 3.8) is 0 Å². The number of hydrogen-bond acceptors (Lipinski definition) is 4. The summed E-state index contributed by atoms with van der Waals surface area (Å²) in [5, 5.41) is 21.2. The molecule has 7 nitrogen and oxygen atoms in total. The summed E-state index contributed by atoms with van der Waals surface area (Å²) in [6, 6.07) is 11.5. The van der Waals surface area contributed by atoms with Gasteiger partial charge in [0.15, 0.2) is 5.03 Å². The van der Waals surface area contributed by atoms with E-state index in [1.807, 2.05) is 12.1 Å². The number of benzene rings is 2. The van der Waals surface area contributed by atoms with Crippen molar-refractivity contribution in [2.75, 3.05) is 5.01 Å². The first kappa shape index (κ1) is 14.3. The first-order valence-corrected chi connectivity index (χ1v) is 7.28. The molecule has 120 valence electrons. The largest absolute Gasteiger partial charge is 0.478 e. The van der Waals surface area contributed by atoms with Crippen LogP contribution in [0.15, 0.2) is 48.5 Å². The number of para-hydroxylation sites is 1. The maximum atomic E-state index is 11.7. The maximum absolute atomic E-state index is 11.7. The number of carboxylic acids is 1. The second-order valence-electron chi connectivity index (χ2n) is 5.69. The summed E-state index contributed by atoms with van der Waals surface area (Å²) in [5.74, 6) is -0.519. The van der Waals surface area contributed by atoms with Crippen LogP contribution in [0, 0.1) is 10.1 Å². The molecule has 0 aromatic heterocycles. The van der Waals surface area contributed by atoms with Crippen molar-refractivity contribution >= 4 is 17.7 Å². The van der Waals surface area contributed by atoms with Crippen LogP contribution in [0.4, 0.5) is 5.69 Å². The zero-order valence-electron chi connectivity index (χ0n) is 12.4. The number of hydrogen-bond donors (Lipinski definition) is 1. The Morgan fingerprint density at radius 2 is 2.08 bits per heavy atom. The van der Waals surface area contributed by atoms with Crippen molar-refractivity contribution in [2.24, 2.45) is 0 Å². The molecule has 2 aromatic carbocycles. The standard InChI is InChI=1S/C17H12N2O5/c20-16(21)12-5-6-14-13(9-12)10-17(18(14)19(22)23)8-7-11-3-1-2-4-15(11)24-17/h1-9H,10H2,(H,20,21). The Kier molecular flexibility index (Phi) is 2.86. The third kappa shape index (κ3) is 1.95. The molecule has 1 N–H and O–H groups in total. The number of aromatic carboxylic acids is 1. The van der Waals surface area contributed by atoms with Crippen LogP contribution in [-0.4, -0.2) is 21.8 Å². The molecular weight excluding hydrogens is 312 g/mol. The van der Waals surface area contributed by atoms with Crippen LogP contribution in [-0.2, 0) is 6.42 Å².